The summed E-state index contributed by atoms with van der Waals surface area (Å²) >= 11 is 0. The fourth-order valence-corrected chi connectivity index (χ4v) is 4.83. The average molecular weight is 490 g/mol. The zero-order valence-corrected chi connectivity index (χ0v) is 20.2. The zero-order valence-electron chi connectivity index (χ0n) is 20.2. The SMILES string of the molecule is Cc1cccc(F)c1N1CCC(NC(C)c2cn(C)nc2NCc2ccccc2C(F)(F)F)CC1. The number of hydrogen-bond acceptors (Lipinski definition) is 4. The van der Waals surface area contributed by atoms with Crippen LogP contribution in [0.15, 0.2) is 48.7 Å². The molecule has 4 rings (SSSR count). The van der Waals surface area contributed by atoms with Gasteiger partial charge in [0.15, 0.2) is 5.82 Å². The third-order valence-corrected chi connectivity index (χ3v) is 6.58. The smallest absolute Gasteiger partial charge is 0.369 e. The van der Waals surface area contributed by atoms with E-state index in [2.05, 4.69) is 20.6 Å². The summed E-state index contributed by atoms with van der Waals surface area (Å²) in [5, 5.41) is 11.2. The third kappa shape index (κ3) is 5.78. The molecule has 0 saturated carbocycles. The largest absolute Gasteiger partial charge is 0.416 e. The number of nitrogens with one attached hydrogen (secondary N) is 2. The van der Waals surface area contributed by atoms with E-state index in [0.717, 1.165) is 43.1 Å². The van der Waals surface area contributed by atoms with Gasteiger partial charge in [-0.1, -0.05) is 30.3 Å². The maximum atomic E-state index is 14.4. The van der Waals surface area contributed by atoms with Crippen molar-refractivity contribution in [2.75, 3.05) is 23.3 Å². The summed E-state index contributed by atoms with van der Waals surface area (Å²) in [5.41, 5.74) is 2.03. The topological polar surface area (TPSA) is 45.1 Å². The molecule has 0 spiro atoms. The van der Waals surface area contributed by atoms with Gasteiger partial charge in [0.1, 0.15) is 5.82 Å². The lowest BCUT2D eigenvalue weighted by molar-refractivity contribution is -0.138. The molecule has 188 valence electrons. The Morgan fingerprint density at radius 3 is 2.49 bits per heavy atom. The first-order valence-electron chi connectivity index (χ1n) is 11.8. The molecule has 0 aliphatic carbocycles. The monoisotopic (exact) mass is 489 g/mol. The number of anilines is 2. The van der Waals surface area contributed by atoms with Crippen LogP contribution in [0.5, 0.6) is 0 Å². The Kier molecular flexibility index (Phi) is 7.35. The molecule has 1 aliphatic rings. The van der Waals surface area contributed by atoms with Crippen LogP contribution in [0, 0.1) is 12.7 Å². The number of rotatable bonds is 7. The average Bonchev–Trinajstić information content (AvgIpc) is 3.19. The van der Waals surface area contributed by atoms with E-state index in [0.29, 0.717) is 11.5 Å². The molecular weight excluding hydrogens is 458 g/mol. The lowest BCUT2D eigenvalue weighted by Gasteiger charge is -2.36. The standard InChI is InChI=1S/C26H31F4N5/c1-17-7-6-10-23(27)24(17)35-13-11-20(12-14-35)32-18(2)21-16-34(3)33-25(21)31-15-19-8-4-5-9-22(19)26(28,29)30/h4-10,16,18,20,32H,11-15H2,1-3H3,(H,31,33). The molecule has 2 heterocycles. The van der Waals surface area contributed by atoms with Crippen LogP contribution >= 0.6 is 0 Å². The van der Waals surface area contributed by atoms with Crippen LogP contribution in [0.25, 0.3) is 0 Å². The van der Waals surface area contributed by atoms with Crippen molar-refractivity contribution in [3.05, 3.63) is 76.7 Å². The summed E-state index contributed by atoms with van der Waals surface area (Å²) in [6.45, 7) is 5.47. The van der Waals surface area contributed by atoms with E-state index in [4.69, 9.17) is 0 Å². The number of halogens is 4. The number of alkyl halides is 3. The van der Waals surface area contributed by atoms with Gasteiger partial charge in [0.2, 0.25) is 0 Å². The van der Waals surface area contributed by atoms with Crippen molar-refractivity contribution in [3.8, 4) is 0 Å². The quantitative estimate of drug-likeness (QED) is 0.411. The van der Waals surface area contributed by atoms with Gasteiger partial charge in [0.05, 0.1) is 11.3 Å². The molecule has 0 bridgehead atoms. The Bertz CT molecular complexity index is 1130. The second-order valence-corrected chi connectivity index (χ2v) is 9.17. The molecule has 9 heteroatoms. The van der Waals surface area contributed by atoms with E-state index in [-0.39, 0.29) is 30.0 Å². The predicted molar refractivity (Wildman–Crippen MR) is 130 cm³/mol. The van der Waals surface area contributed by atoms with E-state index in [1.54, 1.807) is 23.9 Å². The molecule has 0 amide bonds. The molecule has 1 atom stereocenters. The van der Waals surface area contributed by atoms with Crippen molar-refractivity contribution in [1.82, 2.24) is 15.1 Å². The zero-order chi connectivity index (χ0) is 25.2. The molecule has 5 nitrogen and oxygen atoms in total. The van der Waals surface area contributed by atoms with Gasteiger partial charge in [0, 0.05) is 50.5 Å². The van der Waals surface area contributed by atoms with E-state index in [1.165, 1.54) is 18.2 Å². The molecule has 1 aliphatic heterocycles. The van der Waals surface area contributed by atoms with Gasteiger partial charge in [-0.3, -0.25) is 4.68 Å². The minimum absolute atomic E-state index is 0.0206. The van der Waals surface area contributed by atoms with Gasteiger partial charge in [0.25, 0.3) is 0 Å². The highest BCUT2D eigenvalue weighted by Crippen LogP contribution is 2.33. The molecule has 2 aromatic carbocycles. The first kappa shape index (κ1) is 25.0. The van der Waals surface area contributed by atoms with Gasteiger partial charge in [-0.05, 0) is 49.9 Å². The summed E-state index contributed by atoms with van der Waals surface area (Å²) in [7, 11) is 1.79. The van der Waals surface area contributed by atoms with Gasteiger partial charge in [-0.25, -0.2) is 4.39 Å². The number of nitrogens with zero attached hydrogens (tertiary/aromatic N) is 3. The van der Waals surface area contributed by atoms with Crippen LogP contribution in [-0.2, 0) is 19.8 Å². The number of benzene rings is 2. The Hall–Kier alpha value is -3.07. The first-order valence-corrected chi connectivity index (χ1v) is 11.8. The van der Waals surface area contributed by atoms with E-state index >= 15 is 0 Å². The predicted octanol–water partition coefficient (Wildman–Crippen LogP) is 5.82. The maximum Gasteiger partial charge on any atom is 0.416 e. The lowest BCUT2D eigenvalue weighted by atomic mass is 10.0. The van der Waals surface area contributed by atoms with Crippen molar-refractivity contribution in [1.29, 1.82) is 0 Å². The maximum absolute atomic E-state index is 14.4. The molecule has 1 unspecified atom stereocenters. The molecular formula is C26H31F4N5. The van der Waals surface area contributed by atoms with Crippen LogP contribution in [-0.4, -0.2) is 28.9 Å². The van der Waals surface area contributed by atoms with Crippen molar-refractivity contribution in [2.24, 2.45) is 7.05 Å². The van der Waals surface area contributed by atoms with Gasteiger partial charge >= 0.3 is 6.18 Å². The molecule has 0 radical (unpaired) electrons. The second kappa shape index (κ2) is 10.3. The molecule has 1 fully saturated rings. The highest BCUT2D eigenvalue weighted by molar-refractivity contribution is 5.54. The van der Waals surface area contributed by atoms with E-state index in [9.17, 15) is 17.6 Å². The molecule has 2 N–H and O–H groups in total. The second-order valence-electron chi connectivity index (χ2n) is 9.17. The van der Waals surface area contributed by atoms with Crippen molar-refractivity contribution >= 4 is 11.5 Å². The Morgan fingerprint density at radius 2 is 1.80 bits per heavy atom. The third-order valence-electron chi connectivity index (χ3n) is 6.58. The first-order chi connectivity index (χ1) is 16.6. The number of piperidine rings is 1. The minimum atomic E-state index is -4.41. The molecule has 1 saturated heterocycles. The van der Waals surface area contributed by atoms with Crippen LogP contribution < -0.4 is 15.5 Å². The number of hydrogen-bond donors (Lipinski definition) is 2. The van der Waals surface area contributed by atoms with Crippen LogP contribution in [0.2, 0.25) is 0 Å². The summed E-state index contributed by atoms with van der Waals surface area (Å²) in [4.78, 5) is 2.10. The van der Waals surface area contributed by atoms with Crippen molar-refractivity contribution in [3.63, 3.8) is 0 Å². The Morgan fingerprint density at radius 1 is 1.09 bits per heavy atom. The van der Waals surface area contributed by atoms with Gasteiger partial charge in [-0.15, -0.1) is 0 Å². The number of aromatic nitrogens is 2. The molecule has 3 aromatic rings. The van der Waals surface area contributed by atoms with Crippen LogP contribution in [0.1, 0.15) is 48.1 Å². The summed E-state index contributed by atoms with van der Waals surface area (Å²) in [5.74, 6) is 0.367. The Labute approximate surface area is 203 Å². The molecule has 35 heavy (non-hydrogen) atoms. The van der Waals surface area contributed by atoms with Crippen LogP contribution in [0.3, 0.4) is 0 Å². The lowest BCUT2D eigenvalue weighted by Crippen LogP contribution is -2.43. The molecule has 1 aromatic heterocycles. The highest BCUT2D eigenvalue weighted by atomic mass is 19.4. The van der Waals surface area contributed by atoms with E-state index in [1.807, 2.05) is 26.1 Å². The fraction of sp³-hybridized carbons (Fsp3) is 0.423. The summed E-state index contributed by atoms with van der Waals surface area (Å²) in [6, 6.07) is 10.9. The summed E-state index contributed by atoms with van der Waals surface area (Å²) in [6.07, 6.45) is -0.802. The van der Waals surface area contributed by atoms with Crippen molar-refractivity contribution in [2.45, 2.75) is 51.5 Å². The van der Waals surface area contributed by atoms with Gasteiger partial charge in [-0.2, -0.15) is 18.3 Å². The van der Waals surface area contributed by atoms with Crippen molar-refractivity contribution < 1.29 is 17.6 Å². The number of aryl methyl sites for hydroxylation is 2. The minimum Gasteiger partial charge on any atom is -0.369 e. The fourth-order valence-electron chi connectivity index (χ4n) is 4.83. The van der Waals surface area contributed by atoms with E-state index < -0.39 is 11.7 Å². The normalized spacial score (nSPS) is 15.9. The van der Waals surface area contributed by atoms with Crippen LogP contribution in [0.4, 0.5) is 29.1 Å². The summed E-state index contributed by atoms with van der Waals surface area (Å²) < 4.78 is 56.1. The van der Waals surface area contributed by atoms with Gasteiger partial charge < -0.3 is 15.5 Å². The Balaban J connectivity index is 1.39. The highest BCUT2D eigenvalue weighted by Gasteiger charge is 2.33. The number of para-hydroxylation sites is 1.